The van der Waals surface area contributed by atoms with Crippen LogP contribution in [0.1, 0.15) is 12.8 Å². The van der Waals surface area contributed by atoms with E-state index in [1.807, 2.05) is 6.08 Å². The minimum Gasteiger partial charge on any atom is -0.179 e. The lowest BCUT2D eigenvalue weighted by atomic mass is 10.3. The lowest BCUT2D eigenvalue weighted by molar-refractivity contribution is 0.978. The van der Waals surface area contributed by atoms with E-state index in [0.29, 0.717) is 0 Å². The van der Waals surface area contributed by atoms with Crippen molar-refractivity contribution in [2.24, 2.45) is 0 Å². The van der Waals surface area contributed by atoms with E-state index in [-0.39, 0.29) is 0 Å². The van der Waals surface area contributed by atoms with Crippen LogP contribution in [0.15, 0.2) is 12.7 Å². The number of unbranched alkanes of at least 4 members (excludes halogenated alkanes) is 1. The Hall–Kier alpha value is 0.0900. The zero-order valence-electron chi connectivity index (χ0n) is 3.85. The first-order chi connectivity index (χ1) is 2.91. The molecule has 0 heterocycles. The Morgan fingerprint density at radius 3 is 2.50 bits per heavy atom. The predicted octanol–water partition coefficient (Wildman–Crippen LogP) is 1.88. The average Bonchev–Trinajstić information content (AvgIpc) is 1.61. The normalized spacial score (nSPS) is 8.17. The highest BCUT2D eigenvalue weighted by Crippen LogP contribution is 1.89. The van der Waals surface area contributed by atoms with Crippen LogP contribution in [0.2, 0.25) is 0 Å². The minimum atomic E-state index is 0.978. The molecule has 0 amide bonds. The third-order valence-corrected chi connectivity index (χ3v) is 0.883. The molecule has 0 atom stereocenters. The van der Waals surface area contributed by atoms with Gasteiger partial charge in [0.15, 0.2) is 0 Å². The topological polar surface area (TPSA) is 0 Å². The summed E-state index contributed by atoms with van der Waals surface area (Å²) < 4.78 is 0. The van der Waals surface area contributed by atoms with Gasteiger partial charge in [-0.25, -0.2) is 0 Å². The Balaban J connectivity index is 2.49. The molecule has 0 aromatic carbocycles. The van der Waals surface area contributed by atoms with Crippen molar-refractivity contribution in [3.8, 4) is 0 Å². The predicted molar refractivity (Wildman–Crippen MR) is 33.3 cm³/mol. The average molecular weight is 102 g/mol. The van der Waals surface area contributed by atoms with Gasteiger partial charge in [-0.05, 0) is 18.6 Å². The van der Waals surface area contributed by atoms with Crippen LogP contribution >= 0.6 is 12.6 Å². The maximum absolute atomic E-state index is 4.01. The van der Waals surface area contributed by atoms with Gasteiger partial charge in [-0.1, -0.05) is 6.08 Å². The van der Waals surface area contributed by atoms with Crippen molar-refractivity contribution in [1.82, 2.24) is 0 Å². The molecule has 0 aliphatic heterocycles. The first-order valence-corrected chi connectivity index (χ1v) is 2.77. The van der Waals surface area contributed by atoms with Gasteiger partial charge in [0, 0.05) is 0 Å². The van der Waals surface area contributed by atoms with Crippen LogP contribution in [0.3, 0.4) is 0 Å². The van der Waals surface area contributed by atoms with Crippen LogP contribution in [0.25, 0.3) is 0 Å². The van der Waals surface area contributed by atoms with E-state index in [0.717, 1.165) is 18.6 Å². The monoisotopic (exact) mass is 102 g/mol. The number of allylic oxidation sites excluding steroid dienone is 1. The highest BCUT2D eigenvalue weighted by Gasteiger charge is 1.71. The van der Waals surface area contributed by atoms with E-state index in [1.54, 1.807) is 0 Å². The quantitative estimate of drug-likeness (QED) is 0.314. The van der Waals surface area contributed by atoms with E-state index >= 15 is 0 Å². The number of hydrogen-bond acceptors (Lipinski definition) is 1. The van der Waals surface area contributed by atoms with Gasteiger partial charge in [-0.3, -0.25) is 0 Å². The van der Waals surface area contributed by atoms with Crippen molar-refractivity contribution < 1.29 is 0 Å². The molecule has 0 bridgehead atoms. The molecular formula is C5H10S. The molecule has 0 unspecified atom stereocenters. The third-order valence-electron chi connectivity index (χ3n) is 0.566. The minimum absolute atomic E-state index is 0.978. The zero-order chi connectivity index (χ0) is 4.83. The van der Waals surface area contributed by atoms with Crippen molar-refractivity contribution in [2.75, 3.05) is 5.75 Å². The Morgan fingerprint density at radius 1 is 1.67 bits per heavy atom. The Labute approximate surface area is 44.7 Å². The number of thiol groups is 1. The van der Waals surface area contributed by atoms with Gasteiger partial charge in [0.2, 0.25) is 0 Å². The van der Waals surface area contributed by atoms with E-state index < -0.39 is 0 Å². The summed E-state index contributed by atoms with van der Waals surface area (Å²) in [7, 11) is 0. The molecule has 0 aliphatic carbocycles. The first kappa shape index (κ1) is 6.09. The fourth-order valence-corrected chi connectivity index (χ4v) is 0.418. The molecule has 0 rings (SSSR count). The summed E-state index contributed by atoms with van der Waals surface area (Å²) in [5.74, 6) is 0.978. The lowest BCUT2D eigenvalue weighted by Gasteiger charge is -1.81. The largest absolute Gasteiger partial charge is 0.179 e. The van der Waals surface area contributed by atoms with Crippen LogP contribution in [-0.4, -0.2) is 5.75 Å². The van der Waals surface area contributed by atoms with E-state index in [2.05, 4.69) is 19.2 Å². The van der Waals surface area contributed by atoms with Gasteiger partial charge in [0.05, 0.1) is 0 Å². The van der Waals surface area contributed by atoms with Crippen molar-refractivity contribution in [1.29, 1.82) is 0 Å². The maximum atomic E-state index is 4.01. The third kappa shape index (κ3) is 4.09. The van der Waals surface area contributed by atoms with E-state index in [1.165, 1.54) is 0 Å². The number of rotatable bonds is 3. The highest BCUT2D eigenvalue weighted by molar-refractivity contribution is 7.80. The van der Waals surface area contributed by atoms with Gasteiger partial charge in [0.1, 0.15) is 0 Å². The summed E-state index contributed by atoms with van der Waals surface area (Å²) in [5.41, 5.74) is 0. The van der Waals surface area contributed by atoms with Gasteiger partial charge < -0.3 is 0 Å². The second-order valence-electron chi connectivity index (χ2n) is 1.15. The molecule has 0 nitrogen and oxygen atoms in total. The summed E-state index contributed by atoms with van der Waals surface area (Å²) in [4.78, 5) is 0. The fraction of sp³-hybridized carbons (Fsp3) is 0.600. The van der Waals surface area contributed by atoms with Crippen LogP contribution in [-0.2, 0) is 0 Å². The SMILES string of the molecule is C=CCCCS. The molecular weight excluding hydrogens is 92.1 g/mol. The molecule has 1 heteroatoms. The molecule has 6 heavy (non-hydrogen) atoms. The van der Waals surface area contributed by atoms with Gasteiger partial charge in [0.25, 0.3) is 0 Å². The van der Waals surface area contributed by atoms with Crippen LogP contribution in [0, 0.1) is 0 Å². The van der Waals surface area contributed by atoms with E-state index in [4.69, 9.17) is 0 Å². The van der Waals surface area contributed by atoms with Gasteiger partial charge in [-0.2, -0.15) is 12.6 Å². The second-order valence-corrected chi connectivity index (χ2v) is 1.60. The summed E-state index contributed by atoms with van der Waals surface area (Å²) in [6, 6.07) is 0. The summed E-state index contributed by atoms with van der Waals surface area (Å²) in [6.07, 6.45) is 4.17. The lowest BCUT2D eigenvalue weighted by Crippen LogP contribution is -1.67. The Morgan fingerprint density at radius 2 is 2.33 bits per heavy atom. The molecule has 0 aliphatic rings. The Bertz CT molecular complexity index is 32.9. The second kappa shape index (κ2) is 5.09. The smallest absolute Gasteiger partial charge is 0.00950 e. The first-order valence-electron chi connectivity index (χ1n) is 2.13. The van der Waals surface area contributed by atoms with Crippen LogP contribution in [0.4, 0.5) is 0 Å². The summed E-state index contributed by atoms with van der Waals surface area (Å²) in [6.45, 7) is 3.56. The zero-order valence-corrected chi connectivity index (χ0v) is 4.75. The molecule has 0 radical (unpaired) electrons. The maximum Gasteiger partial charge on any atom is -0.00950 e. The fourth-order valence-electron chi connectivity index (χ4n) is 0.236. The van der Waals surface area contributed by atoms with Crippen molar-refractivity contribution in [3.63, 3.8) is 0 Å². The molecule has 0 fully saturated rings. The molecule has 0 spiro atoms. The van der Waals surface area contributed by atoms with Gasteiger partial charge >= 0.3 is 0 Å². The van der Waals surface area contributed by atoms with Crippen molar-refractivity contribution >= 4 is 12.6 Å². The van der Waals surface area contributed by atoms with E-state index in [9.17, 15) is 0 Å². The van der Waals surface area contributed by atoms with Crippen molar-refractivity contribution in [3.05, 3.63) is 12.7 Å². The van der Waals surface area contributed by atoms with Crippen LogP contribution < -0.4 is 0 Å². The summed E-state index contributed by atoms with van der Waals surface area (Å²) in [5, 5.41) is 0. The molecule has 0 saturated carbocycles. The highest BCUT2D eigenvalue weighted by atomic mass is 32.1. The van der Waals surface area contributed by atoms with Crippen molar-refractivity contribution in [2.45, 2.75) is 12.8 Å². The molecule has 0 aromatic heterocycles. The molecule has 0 N–H and O–H groups in total. The molecule has 0 aromatic rings. The van der Waals surface area contributed by atoms with Crippen LogP contribution in [0.5, 0.6) is 0 Å². The number of hydrogen-bond donors (Lipinski definition) is 1. The molecule has 0 saturated heterocycles. The molecule has 36 valence electrons. The Kier molecular flexibility index (Phi) is 5.17. The van der Waals surface area contributed by atoms with Gasteiger partial charge in [-0.15, -0.1) is 6.58 Å². The standard InChI is InChI=1S/C5H10S/c1-2-3-4-5-6/h2,6H,1,3-5H2. The summed E-state index contributed by atoms with van der Waals surface area (Å²) >= 11 is 4.01.